The van der Waals surface area contributed by atoms with Crippen molar-refractivity contribution in [2.24, 2.45) is 16.6 Å². The highest BCUT2D eigenvalue weighted by Gasteiger charge is 2.46. The highest BCUT2D eigenvalue weighted by Crippen LogP contribution is 2.37. The van der Waals surface area contributed by atoms with Gasteiger partial charge in [-0.1, -0.05) is 39.0 Å². The highest BCUT2D eigenvalue weighted by molar-refractivity contribution is 6.06. The van der Waals surface area contributed by atoms with Crippen LogP contribution in [0.2, 0.25) is 0 Å². The van der Waals surface area contributed by atoms with E-state index in [1.807, 2.05) is 6.92 Å². The van der Waals surface area contributed by atoms with Crippen LogP contribution in [0.25, 0.3) is 0 Å². The van der Waals surface area contributed by atoms with Crippen molar-refractivity contribution in [3.63, 3.8) is 0 Å². The maximum atomic E-state index is 12.3. The van der Waals surface area contributed by atoms with Crippen molar-refractivity contribution in [1.29, 1.82) is 0 Å². The topological polar surface area (TPSA) is 58.7 Å². The third-order valence-corrected chi connectivity index (χ3v) is 4.31. The summed E-state index contributed by atoms with van der Waals surface area (Å²) < 4.78 is 0. The van der Waals surface area contributed by atoms with Crippen LogP contribution in [-0.4, -0.2) is 29.4 Å². The standard InChI is InChI=1S/C13H23N3O/c1-3-13(9-10-7-5-4-6-8-10)11(17)16(2)12(14)15-13/h10H,3-9H2,1-2H3,(H2,14,15). The van der Waals surface area contributed by atoms with Gasteiger partial charge in [0.1, 0.15) is 5.54 Å². The molecule has 4 nitrogen and oxygen atoms in total. The Kier molecular flexibility index (Phi) is 3.40. The summed E-state index contributed by atoms with van der Waals surface area (Å²) in [4.78, 5) is 18.2. The summed E-state index contributed by atoms with van der Waals surface area (Å²) in [5.74, 6) is 1.12. The lowest BCUT2D eigenvalue weighted by molar-refractivity contribution is -0.131. The molecule has 1 fully saturated rings. The van der Waals surface area contributed by atoms with E-state index in [0.717, 1.165) is 12.8 Å². The van der Waals surface area contributed by atoms with Gasteiger partial charge < -0.3 is 5.73 Å². The van der Waals surface area contributed by atoms with Gasteiger partial charge in [-0.25, -0.2) is 4.99 Å². The lowest BCUT2D eigenvalue weighted by atomic mass is 9.78. The maximum Gasteiger partial charge on any atom is 0.257 e. The molecule has 17 heavy (non-hydrogen) atoms. The Balaban J connectivity index is 2.12. The molecule has 1 saturated carbocycles. The summed E-state index contributed by atoms with van der Waals surface area (Å²) in [7, 11) is 1.72. The predicted octanol–water partition coefficient (Wildman–Crippen LogP) is 1.89. The Labute approximate surface area is 103 Å². The first-order valence-corrected chi connectivity index (χ1v) is 6.72. The zero-order chi connectivity index (χ0) is 12.5. The van der Waals surface area contributed by atoms with E-state index in [4.69, 9.17) is 5.73 Å². The molecule has 2 aliphatic rings. The molecule has 1 amide bonds. The number of carbonyl (C=O) groups excluding carboxylic acids is 1. The minimum absolute atomic E-state index is 0.0862. The van der Waals surface area contributed by atoms with E-state index < -0.39 is 5.54 Å². The number of rotatable bonds is 3. The van der Waals surface area contributed by atoms with Crippen molar-refractivity contribution in [2.45, 2.75) is 57.4 Å². The first-order chi connectivity index (χ1) is 8.09. The molecule has 0 saturated heterocycles. The number of aliphatic imine (C=N–C) groups is 1. The second kappa shape index (κ2) is 4.67. The largest absolute Gasteiger partial charge is 0.369 e. The number of hydrogen-bond donors (Lipinski definition) is 1. The van der Waals surface area contributed by atoms with Gasteiger partial charge in [0.25, 0.3) is 5.91 Å². The van der Waals surface area contributed by atoms with Crippen LogP contribution in [-0.2, 0) is 4.79 Å². The molecule has 2 rings (SSSR count). The van der Waals surface area contributed by atoms with Crippen LogP contribution in [0.4, 0.5) is 0 Å². The van der Waals surface area contributed by atoms with Crippen molar-refractivity contribution < 1.29 is 4.79 Å². The lowest BCUT2D eigenvalue weighted by Gasteiger charge is -2.30. The molecule has 0 bridgehead atoms. The number of nitrogens with zero attached hydrogens (tertiary/aromatic N) is 2. The lowest BCUT2D eigenvalue weighted by Crippen LogP contribution is -2.43. The molecule has 0 spiro atoms. The van der Waals surface area contributed by atoms with E-state index >= 15 is 0 Å². The minimum Gasteiger partial charge on any atom is -0.369 e. The first kappa shape index (κ1) is 12.4. The minimum atomic E-state index is -0.555. The number of likely N-dealkylation sites (N-methyl/N-ethyl adjacent to an activating group) is 1. The van der Waals surface area contributed by atoms with Gasteiger partial charge in [-0.05, 0) is 18.8 Å². The third-order valence-electron chi connectivity index (χ3n) is 4.31. The van der Waals surface area contributed by atoms with E-state index in [0.29, 0.717) is 11.9 Å². The Hall–Kier alpha value is -1.06. The predicted molar refractivity (Wildman–Crippen MR) is 68.6 cm³/mol. The van der Waals surface area contributed by atoms with Crippen LogP contribution in [0.15, 0.2) is 4.99 Å². The molecular weight excluding hydrogens is 214 g/mol. The van der Waals surface area contributed by atoms with E-state index in [-0.39, 0.29) is 5.91 Å². The van der Waals surface area contributed by atoms with Crippen molar-refractivity contribution in [3.8, 4) is 0 Å². The van der Waals surface area contributed by atoms with Gasteiger partial charge in [0.2, 0.25) is 0 Å². The second-order valence-corrected chi connectivity index (χ2v) is 5.43. The average molecular weight is 237 g/mol. The Morgan fingerprint density at radius 1 is 1.41 bits per heavy atom. The molecular formula is C13H23N3O. The van der Waals surface area contributed by atoms with Gasteiger partial charge in [-0.2, -0.15) is 0 Å². The van der Waals surface area contributed by atoms with E-state index in [2.05, 4.69) is 4.99 Å². The number of nitrogens with two attached hydrogens (primary N) is 1. The quantitative estimate of drug-likeness (QED) is 0.815. The van der Waals surface area contributed by atoms with Crippen molar-refractivity contribution >= 4 is 11.9 Å². The zero-order valence-electron chi connectivity index (χ0n) is 10.9. The zero-order valence-corrected chi connectivity index (χ0v) is 10.9. The summed E-state index contributed by atoms with van der Waals surface area (Å²) in [6, 6.07) is 0. The molecule has 1 unspecified atom stereocenters. The summed E-state index contributed by atoms with van der Waals surface area (Å²) >= 11 is 0. The van der Waals surface area contributed by atoms with Gasteiger partial charge in [-0.15, -0.1) is 0 Å². The number of hydrogen-bond acceptors (Lipinski definition) is 3. The molecule has 0 aromatic heterocycles. The van der Waals surface area contributed by atoms with Gasteiger partial charge >= 0.3 is 0 Å². The van der Waals surface area contributed by atoms with Crippen LogP contribution < -0.4 is 5.73 Å². The molecule has 96 valence electrons. The molecule has 1 aliphatic carbocycles. The van der Waals surface area contributed by atoms with Crippen LogP contribution in [0, 0.1) is 5.92 Å². The van der Waals surface area contributed by atoms with Crippen LogP contribution in [0.5, 0.6) is 0 Å². The normalized spacial score (nSPS) is 30.8. The number of carbonyl (C=O) groups is 1. The van der Waals surface area contributed by atoms with E-state index in [9.17, 15) is 4.79 Å². The molecule has 1 aliphatic heterocycles. The van der Waals surface area contributed by atoms with E-state index in [1.54, 1.807) is 7.05 Å². The smallest absolute Gasteiger partial charge is 0.257 e. The van der Waals surface area contributed by atoms with Crippen LogP contribution in [0.1, 0.15) is 51.9 Å². The van der Waals surface area contributed by atoms with Crippen molar-refractivity contribution in [2.75, 3.05) is 7.05 Å². The first-order valence-electron chi connectivity index (χ1n) is 6.72. The number of amides is 1. The molecule has 0 radical (unpaired) electrons. The summed E-state index contributed by atoms with van der Waals surface area (Å²) in [6.45, 7) is 2.04. The van der Waals surface area contributed by atoms with Crippen molar-refractivity contribution in [1.82, 2.24) is 4.90 Å². The van der Waals surface area contributed by atoms with Gasteiger partial charge in [0.05, 0.1) is 0 Å². The fourth-order valence-corrected chi connectivity index (χ4v) is 3.13. The van der Waals surface area contributed by atoms with Crippen LogP contribution >= 0.6 is 0 Å². The second-order valence-electron chi connectivity index (χ2n) is 5.43. The molecule has 1 atom stereocenters. The summed E-state index contributed by atoms with van der Waals surface area (Å²) in [5, 5.41) is 0. The van der Waals surface area contributed by atoms with Crippen LogP contribution in [0.3, 0.4) is 0 Å². The fraction of sp³-hybridized carbons (Fsp3) is 0.846. The number of guanidine groups is 1. The molecule has 0 aromatic carbocycles. The van der Waals surface area contributed by atoms with Gasteiger partial charge in [-0.3, -0.25) is 9.69 Å². The van der Waals surface area contributed by atoms with Crippen molar-refractivity contribution in [3.05, 3.63) is 0 Å². The van der Waals surface area contributed by atoms with E-state index in [1.165, 1.54) is 37.0 Å². The summed E-state index contributed by atoms with van der Waals surface area (Å²) in [6.07, 6.45) is 8.07. The SMILES string of the molecule is CCC1(CC2CCCCC2)N=C(N)N(C)C1=O. The average Bonchev–Trinajstić information content (AvgIpc) is 2.56. The molecule has 4 heteroatoms. The highest BCUT2D eigenvalue weighted by atomic mass is 16.2. The third kappa shape index (κ3) is 2.17. The monoisotopic (exact) mass is 237 g/mol. The maximum absolute atomic E-state index is 12.3. The fourth-order valence-electron chi connectivity index (χ4n) is 3.13. The molecule has 0 aromatic rings. The Bertz CT molecular complexity index is 334. The molecule has 1 heterocycles. The Morgan fingerprint density at radius 2 is 2.06 bits per heavy atom. The Morgan fingerprint density at radius 3 is 2.53 bits per heavy atom. The van der Waals surface area contributed by atoms with Gasteiger partial charge in [0.15, 0.2) is 5.96 Å². The van der Waals surface area contributed by atoms with Gasteiger partial charge in [0, 0.05) is 7.05 Å². The molecule has 2 N–H and O–H groups in total. The summed E-state index contributed by atoms with van der Waals surface area (Å²) in [5.41, 5.74) is 5.23.